The van der Waals surface area contributed by atoms with Crippen LogP contribution in [0, 0.1) is 39.2 Å². The van der Waals surface area contributed by atoms with Gasteiger partial charge in [-0.15, -0.1) is 0 Å². The second-order valence-corrected chi connectivity index (χ2v) is 9.10. The van der Waals surface area contributed by atoms with Gasteiger partial charge in [-0.05, 0) is 51.5 Å². The number of ether oxygens (including phenoxy) is 3. The summed E-state index contributed by atoms with van der Waals surface area (Å²) in [6.07, 6.45) is -0.0595. The number of non-ortho nitro benzene ring substituents is 1. The van der Waals surface area contributed by atoms with Crippen LogP contribution in [0.1, 0.15) is 62.4 Å². The molecule has 2 rings (SSSR count). The number of nitrogens with zero attached hydrogens (tertiary/aromatic N) is 1. The van der Waals surface area contributed by atoms with Gasteiger partial charge in [0.1, 0.15) is 0 Å². The van der Waals surface area contributed by atoms with Crippen molar-refractivity contribution in [3.05, 3.63) is 88.0 Å². The SMILES string of the molecule is C=C(CC#CC(CCC#Cc1ccccc1)OC(=O)c1ccc([N+](=O)[O-])cc1)CC(C)(C(=O)OCC)C(=O)OCC. The third kappa shape index (κ3) is 10.3. The van der Waals surface area contributed by atoms with Gasteiger partial charge in [0.25, 0.3) is 5.69 Å². The predicted molar refractivity (Wildman–Crippen MR) is 152 cm³/mol. The maximum absolute atomic E-state index is 12.7. The minimum Gasteiger partial charge on any atom is -0.465 e. The van der Waals surface area contributed by atoms with Gasteiger partial charge in [0.2, 0.25) is 0 Å². The molecule has 0 aliphatic rings. The summed E-state index contributed by atoms with van der Waals surface area (Å²) in [5.41, 5.74) is -0.238. The lowest BCUT2D eigenvalue weighted by atomic mass is 9.83. The fourth-order valence-corrected chi connectivity index (χ4v) is 3.63. The third-order valence-corrected chi connectivity index (χ3v) is 5.76. The third-order valence-electron chi connectivity index (χ3n) is 5.76. The van der Waals surface area contributed by atoms with Gasteiger partial charge in [0.15, 0.2) is 11.5 Å². The number of nitro groups is 1. The Balaban J connectivity index is 2.16. The second kappa shape index (κ2) is 16.3. The van der Waals surface area contributed by atoms with E-state index in [0.717, 1.165) is 5.56 Å². The van der Waals surface area contributed by atoms with E-state index < -0.39 is 34.4 Å². The molecule has 0 saturated heterocycles. The summed E-state index contributed by atoms with van der Waals surface area (Å²) in [6.45, 7) is 8.91. The molecule has 0 N–H and O–H groups in total. The summed E-state index contributed by atoms with van der Waals surface area (Å²) in [6, 6.07) is 14.5. The van der Waals surface area contributed by atoms with Crippen molar-refractivity contribution in [3.63, 3.8) is 0 Å². The average Bonchev–Trinajstić information content (AvgIpc) is 2.95. The van der Waals surface area contributed by atoms with E-state index in [9.17, 15) is 24.5 Å². The van der Waals surface area contributed by atoms with Gasteiger partial charge in [-0.2, -0.15) is 0 Å². The number of allylic oxidation sites excluding steroid dienone is 1. The molecule has 9 heteroatoms. The summed E-state index contributed by atoms with van der Waals surface area (Å²) in [4.78, 5) is 48.2. The van der Waals surface area contributed by atoms with Crippen LogP contribution in [0.4, 0.5) is 5.69 Å². The molecule has 0 heterocycles. The van der Waals surface area contributed by atoms with Gasteiger partial charge in [0.05, 0.1) is 23.7 Å². The zero-order valence-electron chi connectivity index (χ0n) is 23.4. The van der Waals surface area contributed by atoms with Crippen LogP contribution < -0.4 is 0 Å². The van der Waals surface area contributed by atoms with Crippen molar-refractivity contribution in [2.75, 3.05) is 13.2 Å². The summed E-state index contributed by atoms with van der Waals surface area (Å²) in [5, 5.41) is 10.9. The number of esters is 3. The molecule has 1 unspecified atom stereocenters. The van der Waals surface area contributed by atoms with Crippen LogP contribution in [0.15, 0.2) is 66.7 Å². The van der Waals surface area contributed by atoms with E-state index in [1.165, 1.54) is 31.2 Å². The fourth-order valence-electron chi connectivity index (χ4n) is 3.63. The number of benzene rings is 2. The Morgan fingerprint density at radius 2 is 1.59 bits per heavy atom. The Morgan fingerprint density at radius 3 is 2.15 bits per heavy atom. The maximum Gasteiger partial charge on any atom is 0.339 e. The van der Waals surface area contributed by atoms with Crippen LogP contribution in [-0.4, -0.2) is 42.1 Å². The minimum atomic E-state index is -1.57. The first-order valence-corrected chi connectivity index (χ1v) is 13.1. The van der Waals surface area contributed by atoms with Crippen LogP contribution in [0.5, 0.6) is 0 Å². The zero-order valence-corrected chi connectivity index (χ0v) is 23.4. The molecule has 0 aromatic heterocycles. The summed E-state index contributed by atoms with van der Waals surface area (Å²) in [7, 11) is 0. The van der Waals surface area contributed by atoms with Crippen LogP contribution in [0.2, 0.25) is 0 Å². The Labute approximate surface area is 240 Å². The number of hydrogen-bond donors (Lipinski definition) is 0. The van der Waals surface area contributed by atoms with Gasteiger partial charge < -0.3 is 14.2 Å². The lowest BCUT2D eigenvalue weighted by molar-refractivity contribution is -0.384. The largest absolute Gasteiger partial charge is 0.465 e. The monoisotopic (exact) mass is 559 g/mol. The molecule has 0 spiro atoms. The highest BCUT2D eigenvalue weighted by Crippen LogP contribution is 2.30. The van der Waals surface area contributed by atoms with E-state index in [1.807, 2.05) is 30.3 Å². The van der Waals surface area contributed by atoms with Crippen LogP contribution in [0.3, 0.4) is 0 Å². The first-order chi connectivity index (χ1) is 19.6. The van der Waals surface area contributed by atoms with Gasteiger partial charge >= 0.3 is 17.9 Å². The molecule has 0 aliphatic heterocycles. The van der Waals surface area contributed by atoms with E-state index in [4.69, 9.17) is 14.2 Å². The van der Waals surface area contributed by atoms with Crippen molar-refractivity contribution in [2.45, 2.75) is 52.6 Å². The molecule has 9 nitrogen and oxygen atoms in total. The number of hydrogen-bond acceptors (Lipinski definition) is 8. The van der Waals surface area contributed by atoms with Crippen molar-refractivity contribution >= 4 is 23.6 Å². The molecule has 1 atom stereocenters. The van der Waals surface area contributed by atoms with Crippen molar-refractivity contribution < 1.29 is 33.5 Å². The van der Waals surface area contributed by atoms with Gasteiger partial charge in [0, 0.05) is 37.0 Å². The van der Waals surface area contributed by atoms with Crippen LogP contribution >= 0.6 is 0 Å². The Kier molecular flexibility index (Phi) is 12.8. The lowest BCUT2D eigenvalue weighted by Crippen LogP contribution is -2.39. The molecule has 2 aromatic rings. The first-order valence-electron chi connectivity index (χ1n) is 13.1. The molecule has 41 heavy (non-hydrogen) atoms. The number of carbonyl (C=O) groups excluding carboxylic acids is 3. The molecule has 2 aromatic carbocycles. The molecule has 214 valence electrons. The second-order valence-electron chi connectivity index (χ2n) is 9.10. The first kappa shape index (κ1) is 32.3. The standard InChI is InChI=1S/C32H33NO8/c1-5-39-30(35)32(4,31(36)40-6-2)23-24(3)13-12-18-28(17-11-10-16-25-14-8-7-9-15-25)41-29(34)26-19-21-27(22-20-26)33(37)38/h7-9,14-15,19-22,28H,3,5-6,11,13,17,23H2,1-2,4H3. The van der Waals surface area contributed by atoms with Crippen LogP contribution in [-0.2, 0) is 23.8 Å². The molecular formula is C32H33NO8. The number of nitro benzene ring substituents is 1. The summed E-state index contributed by atoms with van der Waals surface area (Å²) < 4.78 is 15.8. The quantitative estimate of drug-likeness (QED) is 0.0642. The smallest absolute Gasteiger partial charge is 0.339 e. The molecule has 0 bridgehead atoms. The van der Waals surface area contributed by atoms with Crippen molar-refractivity contribution in [3.8, 4) is 23.7 Å². The van der Waals surface area contributed by atoms with Gasteiger partial charge in [-0.3, -0.25) is 19.7 Å². The normalized spacial score (nSPS) is 11.0. The number of carbonyl (C=O) groups is 3. The zero-order chi connectivity index (χ0) is 30.3. The average molecular weight is 560 g/mol. The lowest BCUT2D eigenvalue weighted by Gasteiger charge is -2.25. The molecule has 0 fully saturated rings. The van der Waals surface area contributed by atoms with E-state index in [-0.39, 0.29) is 37.3 Å². The minimum absolute atomic E-state index is 0.0326. The van der Waals surface area contributed by atoms with Crippen molar-refractivity contribution in [2.24, 2.45) is 5.41 Å². The Hall–Kier alpha value is -4.89. The highest BCUT2D eigenvalue weighted by atomic mass is 16.6. The maximum atomic E-state index is 12.7. The van der Waals surface area contributed by atoms with Gasteiger partial charge in [-0.25, -0.2) is 4.79 Å². The van der Waals surface area contributed by atoms with Crippen molar-refractivity contribution in [1.29, 1.82) is 0 Å². The molecule has 0 radical (unpaired) electrons. The fraction of sp³-hybridized carbons (Fsp3) is 0.344. The van der Waals surface area contributed by atoms with Crippen LogP contribution in [0.25, 0.3) is 0 Å². The van der Waals surface area contributed by atoms with E-state index in [0.29, 0.717) is 18.4 Å². The summed E-state index contributed by atoms with van der Waals surface area (Å²) in [5.74, 6) is 9.81. The molecule has 0 aliphatic carbocycles. The van der Waals surface area contributed by atoms with E-state index in [2.05, 4.69) is 30.3 Å². The highest BCUT2D eigenvalue weighted by Gasteiger charge is 2.44. The topological polar surface area (TPSA) is 122 Å². The Morgan fingerprint density at radius 1 is 0.976 bits per heavy atom. The number of rotatable bonds is 12. The molecule has 0 amide bonds. The molecular weight excluding hydrogens is 526 g/mol. The van der Waals surface area contributed by atoms with E-state index in [1.54, 1.807) is 13.8 Å². The Bertz CT molecular complexity index is 1340. The summed E-state index contributed by atoms with van der Waals surface area (Å²) >= 11 is 0. The highest BCUT2D eigenvalue weighted by molar-refractivity contribution is 6.00. The van der Waals surface area contributed by atoms with Gasteiger partial charge in [-0.1, -0.05) is 54.0 Å². The van der Waals surface area contributed by atoms with E-state index >= 15 is 0 Å². The predicted octanol–water partition coefficient (Wildman–Crippen LogP) is 5.42. The molecule has 0 saturated carbocycles. The van der Waals surface area contributed by atoms with Crippen molar-refractivity contribution in [1.82, 2.24) is 0 Å².